The molecule has 4 aromatic rings. The van der Waals surface area contributed by atoms with Crippen molar-refractivity contribution in [1.29, 1.82) is 0 Å². The summed E-state index contributed by atoms with van der Waals surface area (Å²) < 4.78 is 28.6. The van der Waals surface area contributed by atoms with Gasteiger partial charge in [0.2, 0.25) is 0 Å². The molecule has 1 saturated heterocycles. The summed E-state index contributed by atoms with van der Waals surface area (Å²) in [6.45, 7) is 2.91. The highest BCUT2D eigenvalue weighted by Gasteiger charge is 2.39. The molecule has 0 spiro atoms. The van der Waals surface area contributed by atoms with Gasteiger partial charge in [-0.05, 0) is 66.1 Å². The number of hydrogen-bond acceptors (Lipinski definition) is 6. The van der Waals surface area contributed by atoms with E-state index >= 15 is 4.39 Å². The van der Waals surface area contributed by atoms with Crippen molar-refractivity contribution in [3.8, 4) is 22.6 Å². The van der Waals surface area contributed by atoms with Crippen LogP contribution in [0.15, 0.2) is 79.0 Å². The molecule has 11 heteroatoms. The molecule has 10 nitrogen and oxygen atoms in total. The molecular formula is C32H30FN5O5. The lowest BCUT2D eigenvalue weighted by Crippen LogP contribution is -2.45. The summed E-state index contributed by atoms with van der Waals surface area (Å²) in [5.74, 6) is -0.850. The highest BCUT2D eigenvalue weighted by Crippen LogP contribution is 2.27. The molecule has 7 rings (SSSR count). The number of benzene rings is 3. The molecule has 3 aromatic carbocycles. The first kappa shape index (κ1) is 28.0. The largest absolute Gasteiger partial charge is 0.486 e. The van der Waals surface area contributed by atoms with Crippen LogP contribution in [0.1, 0.15) is 33.3 Å². The number of likely N-dealkylation sites (tertiary alicyclic amines) is 1. The molecule has 3 aliphatic rings. The van der Waals surface area contributed by atoms with Crippen LogP contribution in [0, 0.1) is 5.82 Å². The van der Waals surface area contributed by atoms with Gasteiger partial charge >= 0.3 is 0 Å². The van der Waals surface area contributed by atoms with Gasteiger partial charge in [0.1, 0.15) is 29.1 Å². The topological polar surface area (TPSA) is 115 Å². The Hall–Kier alpha value is -5.19. The fraction of sp³-hybridized carbons (Fsp3) is 0.250. The molecule has 0 aliphatic carbocycles. The minimum Gasteiger partial charge on any atom is -0.486 e. The predicted molar refractivity (Wildman–Crippen MR) is 155 cm³/mol. The number of ether oxygens (including phenoxy) is 2. The van der Waals surface area contributed by atoms with E-state index in [2.05, 4.69) is 15.7 Å². The molecule has 43 heavy (non-hydrogen) atoms. The zero-order valence-corrected chi connectivity index (χ0v) is 23.5. The van der Waals surface area contributed by atoms with Crippen LogP contribution in [0.2, 0.25) is 0 Å². The summed E-state index contributed by atoms with van der Waals surface area (Å²) in [5, 5.41) is 9.96. The van der Waals surface area contributed by atoms with Gasteiger partial charge in [-0.25, -0.2) is 4.39 Å². The first-order valence-electron chi connectivity index (χ1n) is 14.0. The Morgan fingerprint density at radius 2 is 1.81 bits per heavy atom. The van der Waals surface area contributed by atoms with Gasteiger partial charge in [-0.1, -0.05) is 30.3 Å². The Labute approximate surface area is 247 Å². The number of carbonyl (C=O) groups excluding carboxylic acids is 3. The van der Waals surface area contributed by atoms with Crippen molar-refractivity contribution in [3.05, 3.63) is 102 Å². The highest BCUT2D eigenvalue weighted by molar-refractivity contribution is 5.96. The molecule has 220 valence electrons. The summed E-state index contributed by atoms with van der Waals surface area (Å²) in [4.78, 5) is 41.0. The predicted octanol–water partition coefficient (Wildman–Crippen LogP) is 3.42. The van der Waals surface area contributed by atoms with E-state index < -0.39 is 23.9 Å². The molecule has 0 radical (unpaired) electrons. The van der Waals surface area contributed by atoms with E-state index in [-0.39, 0.29) is 37.1 Å². The van der Waals surface area contributed by atoms with Gasteiger partial charge in [-0.3, -0.25) is 19.1 Å². The Morgan fingerprint density at radius 3 is 2.63 bits per heavy atom. The third-order valence-electron chi connectivity index (χ3n) is 7.55. The first-order chi connectivity index (χ1) is 20.9. The summed E-state index contributed by atoms with van der Waals surface area (Å²) >= 11 is 0. The smallest absolute Gasteiger partial charge is 0.272 e. The minimum atomic E-state index is -0.682. The third-order valence-corrected chi connectivity index (χ3v) is 7.55. The minimum absolute atomic E-state index is 0.144. The van der Waals surface area contributed by atoms with Crippen molar-refractivity contribution in [2.45, 2.75) is 32.2 Å². The Balaban J connectivity index is 1.34. The lowest BCUT2D eigenvalue weighted by atomic mass is 10.0. The number of nitrogens with zero attached hydrogens (tertiary/aromatic N) is 3. The van der Waals surface area contributed by atoms with Gasteiger partial charge in [0.05, 0.1) is 18.2 Å². The monoisotopic (exact) mass is 583 g/mol. The van der Waals surface area contributed by atoms with Crippen LogP contribution < -0.4 is 20.1 Å². The molecule has 1 aromatic heterocycles. The summed E-state index contributed by atoms with van der Waals surface area (Å²) in [6, 6.07) is 19.5. The molecule has 0 saturated carbocycles. The molecule has 4 heterocycles. The second kappa shape index (κ2) is 12.0. The zero-order chi connectivity index (χ0) is 29.9. The van der Waals surface area contributed by atoms with Crippen LogP contribution in [0.3, 0.4) is 0 Å². The number of rotatable bonds is 2. The number of fused-ring (bicyclic) bond motifs is 7. The van der Waals surface area contributed by atoms with Gasteiger partial charge in [-0.2, -0.15) is 5.10 Å². The molecule has 2 atom stereocenters. The quantitative estimate of drug-likeness (QED) is 0.374. The fourth-order valence-electron chi connectivity index (χ4n) is 5.28. The second-order valence-electron chi connectivity index (χ2n) is 10.4. The van der Waals surface area contributed by atoms with Gasteiger partial charge in [0.15, 0.2) is 6.61 Å². The van der Waals surface area contributed by atoms with Crippen LogP contribution in [-0.4, -0.2) is 64.2 Å². The maximum absolute atomic E-state index is 15.0. The Bertz CT molecular complexity index is 1670. The van der Waals surface area contributed by atoms with E-state index in [1.54, 1.807) is 58.2 Å². The number of nitrogens with one attached hydrogen (secondary N) is 2. The maximum atomic E-state index is 15.0. The van der Waals surface area contributed by atoms with E-state index in [0.29, 0.717) is 41.4 Å². The molecule has 6 bridgehead atoms. The molecule has 3 amide bonds. The van der Waals surface area contributed by atoms with Gasteiger partial charge < -0.3 is 25.0 Å². The van der Waals surface area contributed by atoms with Crippen molar-refractivity contribution < 1.29 is 28.2 Å². The zero-order valence-electron chi connectivity index (χ0n) is 23.5. The lowest BCUT2D eigenvalue weighted by Gasteiger charge is -2.21. The highest BCUT2D eigenvalue weighted by atomic mass is 19.1. The molecule has 1 fully saturated rings. The summed E-state index contributed by atoms with van der Waals surface area (Å²) in [6.07, 6.45) is 0.963. The summed E-state index contributed by atoms with van der Waals surface area (Å²) in [7, 11) is 0. The molecule has 3 aliphatic heterocycles. The Kier molecular flexibility index (Phi) is 7.78. The average molecular weight is 584 g/mol. The SMILES string of the molecule is CCn1nccc1C(=O)N1C[C@@H]2NC(=O)c3cc(ccc3F)-c3cccc(c3)OCC(=O)NCc3ccc(cc3)O[C@H]2C1. The normalized spacial score (nSPS) is 18.6. The van der Waals surface area contributed by atoms with Crippen LogP contribution >= 0.6 is 0 Å². The van der Waals surface area contributed by atoms with Crippen LogP contribution in [0.25, 0.3) is 11.1 Å². The summed E-state index contributed by atoms with van der Waals surface area (Å²) in [5.41, 5.74) is 2.43. The third kappa shape index (κ3) is 6.06. The van der Waals surface area contributed by atoms with Crippen LogP contribution in [0.4, 0.5) is 4.39 Å². The standard InChI is InChI=1S/C32H30FN5O5/c1-2-38-28(12-13-35-38)32(41)37-17-27-29(18-37)43-23-9-6-20(7-10-23)16-34-30(39)19-42-24-5-3-4-21(14-24)22-8-11-26(33)25(15-22)31(40)36-27/h3-15,27,29H,2,16-19H2,1H3,(H,34,39)(H,36,40)/t27-,29-/m0/s1. The van der Waals surface area contributed by atoms with E-state index in [0.717, 1.165) is 5.56 Å². The van der Waals surface area contributed by atoms with E-state index in [4.69, 9.17) is 9.47 Å². The van der Waals surface area contributed by atoms with E-state index in [1.165, 1.54) is 12.1 Å². The number of aromatic nitrogens is 2. The number of hydrogen-bond donors (Lipinski definition) is 2. The number of carbonyl (C=O) groups is 3. The van der Waals surface area contributed by atoms with Crippen LogP contribution in [0.5, 0.6) is 11.5 Å². The van der Waals surface area contributed by atoms with E-state index in [9.17, 15) is 14.4 Å². The average Bonchev–Trinajstić information content (AvgIpc) is 3.66. The van der Waals surface area contributed by atoms with Gasteiger partial charge in [0.25, 0.3) is 17.7 Å². The first-order valence-corrected chi connectivity index (χ1v) is 14.0. The van der Waals surface area contributed by atoms with Gasteiger partial charge in [0, 0.05) is 25.8 Å². The molecular weight excluding hydrogens is 553 g/mol. The van der Waals surface area contributed by atoms with Crippen molar-refractivity contribution in [2.75, 3.05) is 19.7 Å². The number of amides is 3. The number of aryl methyl sites for hydroxylation is 1. The van der Waals surface area contributed by atoms with E-state index in [1.807, 2.05) is 25.1 Å². The van der Waals surface area contributed by atoms with Crippen molar-refractivity contribution in [2.24, 2.45) is 0 Å². The lowest BCUT2D eigenvalue weighted by molar-refractivity contribution is -0.123. The van der Waals surface area contributed by atoms with Crippen molar-refractivity contribution in [1.82, 2.24) is 25.3 Å². The maximum Gasteiger partial charge on any atom is 0.272 e. The second-order valence-corrected chi connectivity index (χ2v) is 10.4. The van der Waals surface area contributed by atoms with Crippen LogP contribution in [-0.2, 0) is 17.9 Å². The fourth-order valence-corrected chi connectivity index (χ4v) is 5.28. The van der Waals surface area contributed by atoms with Crippen molar-refractivity contribution >= 4 is 17.7 Å². The molecule has 0 unspecified atom stereocenters. The number of halogens is 1. The van der Waals surface area contributed by atoms with Crippen molar-refractivity contribution in [3.63, 3.8) is 0 Å². The Morgan fingerprint density at radius 1 is 1.00 bits per heavy atom. The van der Waals surface area contributed by atoms with Gasteiger partial charge in [-0.15, -0.1) is 0 Å². The molecule has 2 N–H and O–H groups in total.